The Hall–Kier alpha value is -1.90. The SMILES string of the molecule is CC(NC(=O)C1(C#N)CCC1)c1ncn[nH]1. The third kappa shape index (κ3) is 1.65. The van der Waals surface area contributed by atoms with Crippen LogP contribution in [0.5, 0.6) is 0 Å². The maximum atomic E-state index is 11.9. The van der Waals surface area contributed by atoms with Gasteiger partial charge in [0.2, 0.25) is 5.91 Å². The number of amides is 1. The Bertz CT molecular complexity index is 415. The van der Waals surface area contributed by atoms with Gasteiger partial charge >= 0.3 is 0 Å². The van der Waals surface area contributed by atoms with Crippen LogP contribution in [0.4, 0.5) is 0 Å². The van der Waals surface area contributed by atoms with Gasteiger partial charge in [0.1, 0.15) is 17.6 Å². The number of hydrogen-bond acceptors (Lipinski definition) is 4. The lowest BCUT2D eigenvalue weighted by Gasteiger charge is -2.34. The van der Waals surface area contributed by atoms with Gasteiger partial charge in [-0.3, -0.25) is 9.89 Å². The number of nitriles is 1. The van der Waals surface area contributed by atoms with E-state index in [-0.39, 0.29) is 11.9 Å². The van der Waals surface area contributed by atoms with E-state index in [4.69, 9.17) is 5.26 Å². The molecule has 16 heavy (non-hydrogen) atoms. The predicted octanol–water partition coefficient (Wildman–Crippen LogP) is 0.676. The molecule has 0 spiro atoms. The van der Waals surface area contributed by atoms with E-state index in [1.54, 1.807) is 0 Å². The van der Waals surface area contributed by atoms with Crippen LogP contribution in [0, 0.1) is 16.7 Å². The van der Waals surface area contributed by atoms with Crippen LogP contribution in [0.15, 0.2) is 6.33 Å². The quantitative estimate of drug-likeness (QED) is 0.781. The Morgan fingerprint density at radius 1 is 1.75 bits per heavy atom. The van der Waals surface area contributed by atoms with Crippen LogP contribution < -0.4 is 5.32 Å². The smallest absolute Gasteiger partial charge is 0.241 e. The molecule has 1 unspecified atom stereocenters. The second kappa shape index (κ2) is 3.93. The number of nitrogens with one attached hydrogen (secondary N) is 2. The maximum Gasteiger partial charge on any atom is 0.241 e. The van der Waals surface area contributed by atoms with E-state index in [2.05, 4.69) is 26.6 Å². The lowest BCUT2D eigenvalue weighted by Crippen LogP contribution is -2.45. The minimum absolute atomic E-state index is 0.204. The summed E-state index contributed by atoms with van der Waals surface area (Å²) in [7, 11) is 0. The largest absolute Gasteiger partial charge is 0.345 e. The Morgan fingerprint density at radius 3 is 2.94 bits per heavy atom. The third-order valence-corrected chi connectivity index (χ3v) is 3.05. The molecule has 84 valence electrons. The van der Waals surface area contributed by atoms with Gasteiger partial charge in [-0.15, -0.1) is 0 Å². The van der Waals surface area contributed by atoms with Gasteiger partial charge in [-0.1, -0.05) is 0 Å². The molecule has 0 bridgehead atoms. The molecule has 2 N–H and O–H groups in total. The molecule has 6 nitrogen and oxygen atoms in total. The number of aromatic nitrogens is 3. The second-order valence-corrected chi connectivity index (χ2v) is 4.11. The van der Waals surface area contributed by atoms with Crippen molar-refractivity contribution in [3.05, 3.63) is 12.2 Å². The molecule has 0 radical (unpaired) electrons. The van der Waals surface area contributed by atoms with Crippen molar-refractivity contribution in [2.75, 3.05) is 0 Å². The summed E-state index contributed by atoms with van der Waals surface area (Å²) in [5.74, 6) is 0.394. The van der Waals surface area contributed by atoms with Crippen LogP contribution in [-0.4, -0.2) is 21.1 Å². The molecule has 1 atom stereocenters. The average molecular weight is 219 g/mol. The zero-order chi connectivity index (χ0) is 11.6. The highest BCUT2D eigenvalue weighted by molar-refractivity contribution is 5.86. The summed E-state index contributed by atoms with van der Waals surface area (Å²) >= 11 is 0. The number of rotatable bonds is 3. The minimum atomic E-state index is -0.811. The van der Waals surface area contributed by atoms with Crippen LogP contribution in [0.2, 0.25) is 0 Å². The van der Waals surface area contributed by atoms with E-state index in [1.807, 2.05) is 6.92 Å². The predicted molar refractivity (Wildman–Crippen MR) is 54.8 cm³/mol. The van der Waals surface area contributed by atoms with Crippen LogP contribution in [-0.2, 0) is 4.79 Å². The molecule has 6 heteroatoms. The number of hydrogen-bond donors (Lipinski definition) is 2. The molecular formula is C10H13N5O. The normalized spacial score (nSPS) is 19.2. The Morgan fingerprint density at radius 2 is 2.50 bits per heavy atom. The van der Waals surface area contributed by atoms with E-state index in [9.17, 15) is 4.79 Å². The van der Waals surface area contributed by atoms with Crippen molar-refractivity contribution < 1.29 is 4.79 Å². The first-order valence-corrected chi connectivity index (χ1v) is 5.25. The third-order valence-electron chi connectivity index (χ3n) is 3.05. The molecule has 1 aliphatic rings. The van der Waals surface area contributed by atoms with Crippen molar-refractivity contribution in [2.45, 2.75) is 32.2 Å². The second-order valence-electron chi connectivity index (χ2n) is 4.11. The van der Waals surface area contributed by atoms with Crippen molar-refractivity contribution in [1.82, 2.24) is 20.5 Å². The van der Waals surface area contributed by atoms with E-state index in [1.165, 1.54) is 6.33 Å². The number of nitrogens with zero attached hydrogens (tertiary/aromatic N) is 3. The molecular weight excluding hydrogens is 206 g/mol. The number of carbonyl (C=O) groups excluding carboxylic acids is 1. The summed E-state index contributed by atoms with van der Waals surface area (Å²) in [5, 5.41) is 18.2. The molecule has 0 aliphatic heterocycles. The summed E-state index contributed by atoms with van der Waals surface area (Å²) in [6, 6.07) is 1.86. The highest BCUT2D eigenvalue weighted by atomic mass is 16.2. The first-order valence-electron chi connectivity index (χ1n) is 5.25. The topological polar surface area (TPSA) is 94.5 Å². The van der Waals surface area contributed by atoms with Crippen molar-refractivity contribution in [3.63, 3.8) is 0 Å². The monoisotopic (exact) mass is 219 g/mol. The number of H-pyrrole nitrogens is 1. The first kappa shape index (κ1) is 10.6. The van der Waals surface area contributed by atoms with Crippen molar-refractivity contribution in [1.29, 1.82) is 5.26 Å². The molecule has 1 aromatic heterocycles. The molecule has 1 saturated carbocycles. The van der Waals surface area contributed by atoms with Gasteiger partial charge in [0.15, 0.2) is 0 Å². The molecule has 1 aromatic rings. The summed E-state index contributed by atoms with van der Waals surface area (Å²) in [6.45, 7) is 1.81. The van der Waals surface area contributed by atoms with E-state index in [0.29, 0.717) is 18.7 Å². The fourth-order valence-corrected chi connectivity index (χ4v) is 1.75. The van der Waals surface area contributed by atoms with Crippen LogP contribution in [0.1, 0.15) is 38.1 Å². The lowest BCUT2D eigenvalue weighted by molar-refractivity contribution is -0.132. The van der Waals surface area contributed by atoms with Gasteiger partial charge in [-0.2, -0.15) is 10.4 Å². The summed E-state index contributed by atoms with van der Waals surface area (Å²) < 4.78 is 0. The van der Waals surface area contributed by atoms with Gasteiger partial charge in [0.25, 0.3) is 0 Å². The van der Waals surface area contributed by atoms with Crippen LogP contribution in [0.3, 0.4) is 0 Å². The summed E-state index contributed by atoms with van der Waals surface area (Å²) in [6.07, 6.45) is 3.63. The first-order chi connectivity index (χ1) is 7.68. The Balaban J connectivity index is 2.00. The van der Waals surface area contributed by atoms with Crippen LogP contribution >= 0.6 is 0 Å². The fraction of sp³-hybridized carbons (Fsp3) is 0.600. The zero-order valence-corrected chi connectivity index (χ0v) is 9.03. The molecule has 1 fully saturated rings. The van der Waals surface area contributed by atoms with Gasteiger partial charge < -0.3 is 5.32 Å². The van der Waals surface area contributed by atoms with Crippen molar-refractivity contribution >= 4 is 5.91 Å². The minimum Gasteiger partial charge on any atom is -0.345 e. The Labute approximate surface area is 93.1 Å². The van der Waals surface area contributed by atoms with Gasteiger partial charge in [0, 0.05) is 0 Å². The Kier molecular flexibility index (Phi) is 2.60. The fourth-order valence-electron chi connectivity index (χ4n) is 1.75. The van der Waals surface area contributed by atoms with Gasteiger partial charge in [-0.05, 0) is 26.2 Å². The molecule has 2 rings (SSSR count). The lowest BCUT2D eigenvalue weighted by atomic mass is 9.69. The molecule has 1 heterocycles. The molecule has 0 aromatic carbocycles. The van der Waals surface area contributed by atoms with Crippen molar-refractivity contribution in [2.24, 2.45) is 5.41 Å². The highest BCUT2D eigenvalue weighted by Crippen LogP contribution is 2.40. The highest BCUT2D eigenvalue weighted by Gasteiger charge is 2.45. The van der Waals surface area contributed by atoms with Crippen molar-refractivity contribution in [3.8, 4) is 6.07 Å². The molecule has 1 aliphatic carbocycles. The molecule has 1 amide bonds. The van der Waals surface area contributed by atoms with E-state index >= 15 is 0 Å². The number of aromatic amines is 1. The summed E-state index contributed by atoms with van der Waals surface area (Å²) in [4.78, 5) is 15.8. The maximum absolute atomic E-state index is 11.9. The summed E-state index contributed by atoms with van der Waals surface area (Å²) in [5.41, 5.74) is -0.811. The van der Waals surface area contributed by atoms with Gasteiger partial charge in [0.05, 0.1) is 12.1 Å². The molecule has 0 saturated heterocycles. The van der Waals surface area contributed by atoms with Gasteiger partial charge in [-0.25, -0.2) is 4.98 Å². The standard InChI is InChI=1S/C10H13N5O/c1-7(8-12-6-13-15-8)14-9(16)10(5-11)3-2-4-10/h6-7H,2-4H2,1H3,(H,14,16)(H,12,13,15). The van der Waals surface area contributed by atoms with E-state index < -0.39 is 5.41 Å². The number of carbonyl (C=O) groups is 1. The average Bonchev–Trinajstić information content (AvgIpc) is 2.69. The van der Waals surface area contributed by atoms with E-state index in [0.717, 1.165) is 6.42 Å². The van der Waals surface area contributed by atoms with Crippen LogP contribution in [0.25, 0.3) is 0 Å². The zero-order valence-electron chi connectivity index (χ0n) is 9.03.